The highest BCUT2D eigenvalue weighted by Gasteiger charge is 2.14. The number of benzene rings is 1. The van der Waals surface area contributed by atoms with E-state index in [1.807, 2.05) is 25.1 Å². The minimum absolute atomic E-state index is 0.0443. The first kappa shape index (κ1) is 12.2. The maximum atomic E-state index is 9.34. The smallest absolute Gasteiger partial charge is 0.161 e. The van der Waals surface area contributed by atoms with Crippen LogP contribution >= 0.6 is 0 Å². The van der Waals surface area contributed by atoms with Gasteiger partial charge in [-0.25, -0.2) is 0 Å². The fraction of sp³-hybridized carbons (Fsp3) is 0.538. The van der Waals surface area contributed by atoms with Gasteiger partial charge in [0.2, 0.25) is 0 Å². The molecular formula is C13H19NO3. The van der Waals surface area contributed by atoms with Crippen LogP contribution in [-0.2, 0) is 0 Å². The minimum Gasteiger partial charge on any atom is -0.490 e. The van der Waals surface area contributed by atoms with E-state index in [4.69, 9.17) is 9.47 Å². The van der Waals surface area contributed by atoms with Crippen LogP contribution in [0.25, 0.3) is 0 Å². The van der Waals surface area contributed by atoms with Crippen LogP contribution < -0.4 is 14.8 Å². The molecule has 4 heteroatoms. The van der Waals surface area contributed by atoms with E-state index in [1.165, 1.54) is 0 Å². The maximum absolute atomic E-state index is 9.34. The van der Waals surface area contributed by atoms with Crippen molar-refractivity contribution in [1.82, 2.24) is 5.32 Å². The van der Waals surface area contributed by atoms with Crippen LogP contribution in [0.2, 0.25) is 0 Å². The largest absolute Gasteiger partial charge is 0.490 e. The van der Waals surface area contributed by atoms with Gasteiger partial charge in [-0.3, -0.25) is 0 Å². The fourth-order valence-corrected chi connectivity index (χ4v) is 1.93. The summed E-state index contributed by atoms with van der Waals surface area (Å²) in [7, 11) is 0. The van der Waals surface area contributed by atoms with Crippen LogP contribution in [0.3, 0.4) is 0 Å². The van der Waals surface area contributed by atoms with Crippen LogP contribution in [0, 0.1) is 0 Å². The number of rotatable bonds is 4. The lowest BCUT2D eigenvalue weighted by Crippen LogP contribution is -2.23. The Bertz CT molecular complexity index is 368. The van der Waals surface area contributed by atoms with Crippen molar-refractivity contribution in [1.29, 1.82) is 0 Å². The highest BCUT2D eigenvalue weighted by atomic mass is 16.5. The Labute approximate surface area is 102 Å². The highest BCUT2D eigenvalue weighted by molar-refractivity contribution is 5.44. The number of hydrogen-bond acceptors (Lipinski definition) is 4. The number of nitrogens with one attached hydrogen (secondary N) is 1. The van der Waals surface area contributed by atoms with Crippen LogP contribution in [0.4, 0.5) is 0 Å². The molecule has 0 fully saturated rings. The van der Waals surface area contributed by atoms with Gasteiger partial charge in [0.15, 0.2) is 11.5 Å². The number of fused-ring (bicyclic) bond motifs is 1. The van der Waals surface area contributed by atoms with Gasteiger partial charge in [0.05, 0.1) is 25.9 Å². The Balaban J connectivity index is 2.21. The van der Waals surface area contributed by atoms with Gasteiger partial charge < -0.3 is 19.9 Å². The summed E-state index contributed by atoms with van der Waals surface area (Å²) in [4.78, 5) is 0. The minimum atomic E-state index is -0.0443. The Kier molecular flexibility index (Phi) is 4.23. The molecule has 0 bridgehead atoms. The molecular weight excluding hydrogens is 218 g/mol. The molecule has 94 valence electrons. The molecule has 1 aromatic carbocycles. The van der Waals surface area contributed by atoms with Crippen LogP contribution in [0.5, 0.6) is 11.5 Å². The number of aliphatic hydroxyl groups is 1. The number of hydrogen-bond donors (Lipinski definition) is 2. The molecule has 0 aliphatic carbocycles. The molecule has 1 atom stereocenters. The van der Waals surface area contributed by atoms with Crippen LogP contribution in [0.15, 0.2) is 18.2 Å². The van der Waals surface area contributed by atoms with E-state index in [1.54, 1.807) is 0 Å². The topological polar surface area (TPSA) is 50.7 Å². The summed E-state index contributed by atoms with van der Waals surface area (Å²) in [5.74, 6) is 1.57. The zero-order chi connectivity index (χ0) is 12.1. The van der Waals surface area contributed by atoms with Gasteiger partial charge >= 0.3 is 0 Å². The maximum Gasteiger partial charge on any atom is 0.161 e. The summed E-state index contributed by atoms with van der Waals surface area (Å²) in [5, 5.41) is 12.6. The molecule has 0 aromatic heterocycles. The predicted octanol–water partition coefficient (Wildman–Crippen LogP) is 1.49. The molecule has 1 aliphatic rings. The van der Waals surface area contributed by atoms with Gasteiger partial charge in [0.1, 0.15) is 0 Å². The van der Waals surface area contributed by atoms with E-state index in [-0.39, 0.29) is 12.6 Å². The zero-order valence-corrected chi connectivity index (χ0v) is 10.1. The van der Waals surface area contributed by atoms with Crippen molar-refractivity contribution in [3.05, 3.63) is 23.8 Å². The van der Waals surface area contributed by atoms with E-state index in [2.05, 4.69) is 5.32 Å². The fourth-order valence-electron chi connectivity index (χ4n) is 1.93. The molecule has 0 spiro atoms. The Morgan fingerprint density at radius 3 is 2.76 bits per heavy atom. The molecule has 0 amide bonds. The Morgan fingerprint density at radius 1 is 1.29 bits per heavy atom. The summed E-state index contributed by atoms with van der Waals surface area (Å²) < 4.78 is 11.2. The highest BCUT2D eigenvalue weighted by Crippen LogP contribution is 2.32. The molecule has 1 unspecified atom stereocenters. The van der Waals surface area contributed by atoms with Gasteiger partial charge in [-0.1, -0.05) is 13.0 Å². The van der Waals surface area contributed by atoms with E-state index >= 15 is 0 Å². The average molecular weight is 237 g/mol. The first-order valence-electron chi connectivity index (χ1n) is 6.09. The summed E-state index contributed by atoms with van der Waals surface area (Å²) in [6.45, 7) is 4.29. The van der Waals surface area contributed by atoms with Gasteiger partial charge in [-0.05, 0) is 24.2 Å². The van der Waals surface area contributed by atoms with Crippen molar-refractivity contribution in [3.63, 3.8) is 0 Å². The molecule has 0 saturated heterocycles. The number of aliphatic hydroxyl groups excluding tert-OH is 1. The molecule has 1 aliphatic heterocycles. The lowest BCUT2D eigenvalue weighted by atomic mass is 10.1. The standard InChI is InChI=1S/C13H19NO3/c1-2-14-11(9-15)10-4-5-12-13(8-10)17-7-3-6-16-12/h4-5,8,11,14-15H,2-3,6-7,9H2,1H3. The van der Waals surface area contributed by atoms with Gasteiger partial charge in [0, 0.05) is 6.42 Å². The van der Waals surface area contributed by atoms with Crippen LogP contribution in [0.1, 0.15) is 24.9 Å². The summed E-state index contributed by atoms with van der Waals surface area (Å²) >= 11 is 0. The molecule has 0 radical (unpaired) electrons. The first-order valence-corrected chi connectivity index (χ1v) is 6.09. The molecule has 4 nitrogen and oxygen atoms in total. The molecule has 1 aromatic rings. The van der Waals surface area contributed by atoms with Gasteiger partial charge in [-0.15, -0.1) is 0 Å². The molecule has 2 rings (SSSR count). The van der Waals surface area contributed by atoms with Crippen molar-refractivity contribution in [2.45, 2.75) is 19.4 Å². The summed E-state index contributed by atoms with van der Waals surface area (Å²) in [6.07, 6.45) is 0.903. The lowest BCUT2D eigenvalue weighted by molar-refractivity contribution is 0.246. The zero-order valence-electron chi connectivity index (χ0n) is 10.1. The number of ether oxygens (including phenoxy) is 2. The van der Waals surface area contributed by atoms with E-state index < -0.39 is 0 Å². The second kappa shape index (κ2) is 5.89. The third kappa shape index (κ3) is 2.90. The van der Waals surface area contributed by atoms with E-state index in [0.717, 1.165) is 30.0 Å². The third-order valence-electron chi connectivity index (χ3n) is 2.81. The third-order valence-corrected chi connectivity index (χ3v) is 2.81. The molecule has 0 saturated carbocycles. The number of likely N-dealkylation sites (N-methyl/N-ethyl adjacent to an activating group) is 1. The van der Waals surface area contributed by atoms with Crippen molar-refractivity contribution in [2.75, 3.05) is 26.4 Å². The predicted molar refractivity (Wildman–Crippen MR) is 65.6 cm³/mol. The lowest BCUT2D eigenvalue weighted by Gasteiger charge is -2.17. The second-order valence-corrected chi connectivity index (χ2v) is 4.05. The molecule has 1 heterocycles. The quantitative estimate of drug-likeness (QED) is 0.833. The first-order chi connectivity index (χ1) is 8.35. The Hall–Kier alpha value is -1.26. The SMILES string of the molecule is CCNC(CO)c1ccc2c(c1)OCCCO2. The van der Waals surface area contributed by atoms with Crippen molar-refractivity contribution in [2.24, 2.45) is 0 Å². The Morgan fingerprint density at radius 2 is 2.06 bits per heavy atom. The molecule has 17 heavy (non-hydrogen) atoms. The monoisotopic (exact) mass is 237 g/mol. The second-order valence-electron chi connectivity index (χ2n) is 4.05. The van der Waals surface area contributed by atoms with Crippen LogP contribution in [-0.4, -0.2) is 31.5 Å². The van der Waals surface area contributed by atoms with E-state index in [9.17, 15) is 5.11 Å². The summed E-state index contributed by atoms with van der Waals surface area (Å²) in [5.41, 5.74) is 1.03. The normalized spacial score (nSPS) is 16.4. The summed E-state index contributed by atoms with van der Waals surface area (Å²) in [6, 6.07) is 5.79. The van der Waals surface area contributed by atoms with Crippen molar-refractivity contribution in [3.8, 4) is 11.5 Å². The van der Waals surface area contributed by atoms with Crippen molar-refractivity contribution >= 4 is 0 Å². The van der Waals surface area contributed by atoms with Gasteiger partial charge in [0.25, 0.3) is 0 Å². The average Bonchev–Trinajstić information content (AvgIpc) is 2.60. The van der Waals surface area contributed by atoms with Crippen molar-refractivity contribution < 1.29 is 14.6 Å². The molecule has 2 N–H and O–H groups in total. The van der Waals surface area contributed by atoms with E-state index in [0.29, 0.717) is 13.2 Å². The van der Waals surface area contributed by atoms with Gasteiger partial charge in [-0.2, -0.15) is 0 Å².